The fraction of sp³-hybridized carbons (Fsp3) is 0.167. The van der Waals surface area contributed by atoms with Crippen LogP contribution in [0, 0.1) is 10.1 Å². The number of ketones is 1. The number of hydrogen-bond acceptors (Lipinski definition) is 6. The third-order valence-electron chi connectivity index (χ3n) is 3.54. The topological polar surface area (TPSA) is 87.9 Å². The number of carbonyl (C=O) groups excluding carboxylic acids is 1. The molecule has 0 N–H and O–H groups in total. The highest BCUT2D eigenvalue weighted by Gasteiger charge is 2.16. The molecule has 0 fully saturated rings. The molecular formula is C18H16ClNO6. The zero-order valence-electron chi connectivity index (χ0n) is 14.3. The van der Waals surface area contributed by atoms with E-state index in [1.807, 2.05) is 0 Å². The van der Waals surface area contributed by atoms with Gasteiger partial charge in [-0.1, -0.05) is 23.7 Å². The lowest BCUT2D eigenvalue weighted by molar-refractivity contribution is -0.384. The number of allylic oxidation sites excluding steroid dienone is 1. The Balaban J connectivity index is 2.34. The van der Waals surface area contributed by atoms with Gasteiger partial charge in [-0.3, -0.25) is 14.9 Å². The van der Waals surface area contributed by atoms with Crippen LogP contribution in [0.15, 0.2) is 36.4 Å². The van der Waals surface area contributed by atoms with Gasteiger partial charge in [0.05, 0.1) is 26.3 Å². The van der Waals surface area contributed by atoms with Crippen molar-refractivity contribution in [2.45, 2.75) is 0 Å². The standard InChI is InChI=1S/C18H16ClNO6/c1-24-16-9-12(10-17(25-2)18(16)26-3)15(21)7-5-11-4-6-13(19)14(8-11)20(22)23/h4-10H,1-3H3. The minimum atomic E-state index is -0.583. The number of hydrogen-bond donors (Lipinski definition) is 0. The Morgan fingerprint density at radius 1 is 1.08 bits per heavy atom. The minimum Gasteiger partial charge on any atom is -0.493 e. The number of rotatable bonds is 7. The molecule has 0 bridgehead atoms. The third kappa shape index (κ3) is 4.12. The normalized spacial score (nSPS) is 10.6. The lowest BCUT2D eigenvalue weighted by atomic mass is 10.1. The monoisotopic (exact) mass is 377 g/mol. The van der Waals surface area contributed by atoms with E-state index in [2.05, 4.69) is 0 Å². The second-order valence-corrected chi connectivity index (χ2v) is 5.49. The SMILES string of the molecule is COc1cc(C(=O)C=Cc2ccc(Cl)c([N+](=O)[O-])c2)cc(OC)c1OC. The summed E-state index contributed by atoms with van der Waals surface area (Å²) in [6.07, 6.45) is 2.77. The highest BCUT2D eigenvalue weighted by Crippen LogP contribution is 2.38. The number of nitrogens with zero attached hydrogens (tertiary/aromatic N) is 1. The van der Waals surface area contributed by atoms with Crippen LogP contribution in [0.4, 0.5) is 5.69 Å². The smallest absolute Gasteiger partial charge is 0.288 e. The molecule has 8 heteroatoms. The maximum Gasteiger partial charge on any atom is 0.288 e. The van der Waals surface area contributed by atoms with E-state index in [1.165, 1.54) is 57.7 Å². The zero-order chi connectivity index (χ0) is 19.3. The largest absolute Gasteiger partial charge is 0.493 e. The Hall–Kier alpha value is -3.06. The molecule has 26 heavy (non-hydrogen) atoms. The number of benzene rings is 2. The minimum absolute atomic E-state index is 0.0307. The first-order valence-electron chi connectivity index (χ1n) is 7.37. The fourth-order valence-corrected chi connectivity index (χ4v) is 2.45. The summed E-state index contributed by atoms with van der Waals surface area (Å²) < 4.78 is 15.6. The van der Waals surface area contributed by atoms with Crippen molar-refractivity contribution in [1.82, 2.24) is 0 Å². The highest BCUT2D eigenvalue weighted by atomic mass is 35.5. The summed E-state index contributed by atoms with van der Waals surface area (Å²) in [6, 6.07) is 7.33. The molecule has 2 aromatic rings. The molecule has 0 radical (unpaired) electrons. The summed E-state index contributed by atoms with van der Waals surface area (Å²) in [5.74, 6) is 0.752. The number of methoxy groups -OCH3 is 3. The quantitative estimate of drug-likeness (QED) is 0.311. The van der Waals surface area contributed by atoms with Crippen molar-refractivity contribution in [2.75, 3.05) is 21.3 Å². The van der Waals surface area contributed by atoms with Crippen molar-refractivity contribution in [1.29, 1.82) is 0 Å². The molecule has 0 aliphatic heterocycles. The summed E-state index contributed by atoms with van der Waals surface area (Å²) in [6.45, 7) is 0. The fourth-order valence-electron chi connectivity index (χ4n) is 2.26. The molecule has 7 nitrogen and oxygen atoms in total. The van der Waals surface area contributed by atoms with Crippen molar-refractivity contribution in [2.24, 2.45) is 0 Å². The average Bonchev–Trinajstić information content (AvgIpc) is 2.65. The molecule has 0 aromatic heterocycles. The average molecular weight is 378 g/mol. The zero-order valence-corrected chi connectivity index (χ0v) is 15.1. The van der Waals surface area contributed by atoms with E-state index in [0.29, 0.717) is 28.4 Å². The lowest BCUT2D eigenvalue weighted by Gasteiger charge is -2.13. The molecule has 136 valence electrons. The lowest BCUT2D eigenvalue weighted by Crippen LogP contribution is -2.00. The van der Waals surface area contributed by atoms with E-state index < -0.39 is 4.92 Å². The van der Waals surface area contributed by atoms with Crippen LogP contribution >= 0.6 is 11.6 Å². The van der Waals surface area contributed by atoms with Gasteiger partial charge in [0.2, 0.25) is 5.75 Å². The van der Waals surface area contributed by atoms with Crippen LogP contribution in [0.5, 0.6) is 17.2 Å². The first-order valence-corrected chi connectivity index (χ1v) is 7.75. The molecule has 0 unspecified atom stereocenters. The third-order valence-corrected chi connectivity index (χ3v) is 3.86. The molecular weight excluding hydrogens is 362 g/mol. The van der Waals surface area contributed by atoms with E-state index in [9.17, 15) is 14.9 Å². The van der Waals surface area contributed by atoms with E-state index in [0.717, 1.165) is 0 Å². The van der Waals surface area contributed by atoms with E-state index in [-0.39, 0.29) is 16.5 Å². The number of nitro benzene ring substituents is 1. The van der Waals surface area contributed by atoms with Crippen LogP contribution in [-0.4, -0.2) is 32.0 Å². The summed E-state index contributed by atoms with van der Waals surface area (Å²) in [5.41, 5.74) is 0.565. The molecule has 0 saturated heterocycles. The van der Waals surface area contributed by atoms with Gasteiger partial charge in [-0.2, -0.15) is 0 Å². The van der Waals surface area contributed by atoms with Crippen molar-refractivity contribution >= 4 is 29.1 Å². The van der Waals surface area contributed by atoms with Gasteiger partial charge in [-0.25, -0.2) is 0 Å². The molecule has 0 amide bonds. The number of ether oxygens (including phenoxy) is 3. The molecule has 2 rings (SSSR count). The second-order valence-electron chi connectivity index (χ2n) is 5.08. The van der Waals surface area contributed by atoms with Gasteiger partial charge in [0.25, 0.3) is 5.69 Å². The molecule has 0 spiro atoms. The van der Waals surface area contributed by atoms with Gasteiger partial charge in [0, 0.05) is 11.6 Å². The Morgan fingerprint density at radius 3 is 2.19 bits per heavy atom. The number of halogens is 1. The number of nitro groups is 1. The van der Waals surface area contributed by atoms with E-state index >= 15 is 0 Å². The van der Waals surface area contributed by atoms with Gasteiger partial charge in [-0.15, -0.1) is 0 Å². The second kappa shape index (κ2) is 8.35. The molecule has 0 heterocycles. The van der Waals surface area contributed by atoms with Crippen LogP contribution in [0.3, 0.4) is 0 Å². The molecule has 0 aliphatic rings. The van der Waals surface area contributed by atoms with Crippen LogP contribution in [0.2, 0.25) is 5.02 Å². The van der Waals surface area contributed by atoms with Crippen molar-refractivity contribution < 1.29 is 23.9 Å². The molecule has 0 aliphatic carbocycles. The Labute approximate surface area is 154 Å². The van der Waals surface area contributed by atoms with Crippen LogP contribution < -0.4 is 14.2 Å². The predicted octanol–water partition coefficient (Wildman–Crippen LogP) is 4.17. The van der Waals surface area contributed by atoms with Crippen LogP contribution in [-0.2, 0) is 0 Å². The molecule has 2 aromatic carbocycles. The Bertz CT molecular complexity index is 853. The van der Waals surface area contributed by atoms with Crippen molar-refractivity contribution in [3.63, 3.8) is 0 Å². The Morgan fingerprint density at radius 2 is 1.69 bits per heavy atom. The van der Waals surface area contributed by atoms with E-state index in [4.69, 9.17) is 25.8 Å². The summed E-state index contributed by atoms with van der Waals surface area (Å²) >= 11 is 5.77. The molecule has 0 atom stereocenters. The highest BCUT2D eigenvalue weighted by molar-refractivity contribution is 6.32. The molecule has 0 saturated carbocycles. The first-order chi connectivity index (χ1) is 12.4. The summed E-state index contributed by atoms with van der Waals surface area (Å²) in [5, 5.41) is 11.0. The van der Waals surface area contributed by atoms with Crippen molar-refractivity contribution in [3.05, 3.63) is 62.7 Å². The van der Waals surface area contributed by atoms with E-state index in [1.54, 1.807) is 6.07 Å². The summed E-state index contributed by atoms with van der Waals surface area (Å²) in [7, 11) is 4.37. The first kappa shape index (κ1) is 19.3. The van der Waals surface area contributed by atoms with Crippen LogP contribution in [0.1, 0.15) is 15.9 Å². The predicted molar refractivity (Wildman–Crippen MR) is 97.6 cm³/mol. The van der Waals surface area contributed by atoms with Gasteiger partial charge < -0.3 is 14.2 Å². The maximum absolute atomic E-state index is 12.4. The van der Waals surface area contributed by atoms with Crippen LogP contribution in [0.25, 0.3) is 6.08 Å². The Kier molecular flexibility index (Phi) is 6.19. The summed E-state index contributed by atoms with van der Waals surface area (Å²) in [4.78, 5) is 22.8. The maximum atomic E-state index is 12.4. The van der Waals surface area contributed by atoms with Gasteiger partial charge in [0.15, 0.2) is 17.3 Å². The van der Waals surface area contributed by atoms with Crippen molar-refractivity contribution in [3.8, 4) is 17.2 Å². The van der Waals surface area contributed by atoms with Gasteiger partial charge >= 0.3 is 0 Å². The van der Waals surface area contributed by atoms with Gasteiger partial charge in [0.1, 0.15) is 5.02 Å². The van der Waals surface area contributed by atoms with Gasteiger partial charge in [-0.05, 0) is 29.8 Å². The number of carbonyl (C=O) groups is 1.